The number of likely N-dealkylation sites (N-methyl/N-ethyl adjacent to an activating group) is 1. The molecule has 20 heavy (non-hydrogen) atoms. The zero-order valence-corrected chi connectivity index (χ0v) is 13.2. The molecule has 0 fully saturated rings. The molecule has 1 aromatic rings. The lowest BCUT2D eigenvalue weighted by Crippen LogP contribution is -2.41. The topological polar surface area (TPSA) is 32.3 Å². The number of nitrogens with one attached hydrogen (secondary N) is 1. The van der Waals surface area contributed by atoms with E-state index in [2.05, 4.69) is 37.9 Å². The van der Waals surface area contributed by atoms with E-state index in [9.17, 15) is 4.79 Å². The largest absolute Gasteiger partial charge is 0.363 e. The van der Waals surface area contributed by atoms with Crippen LogP contribution >= 0.6 is 0 Å². The quantitative estimate of drug-likeness (QED) is 0.788. The Morgan fingerprint density at radius 3 is 2.35 bits per heavy atom. The lowest BCUT2D eigenvalue weighted by molar-refractivity contribution is -0.120. The van der Waals surface area contributed by atoms with Gasteiger partial charge in [-0.15, -0.1) is 0 Å². The molecule has 1 amide bonds. The van der Waals surface area contributed by atoms with Crippen LogP contribution in [0, 0.1) is 5.92 Å². The third-order valence-corrected chi connectivity index (χ3v) is 3.42. The number of anilines is 1. The Morgan fingerprint density at radius 2 is 1.80 bits per heavy atom. The lowest BCUT2D eigenvalue weighted by Gasteiger charge is -2.24. The summed E-state index contributed by atoms with van der Waals surface area (Å²) in [6.45, 7) is 9.83. The van der Waals surface area contributed by atoms with Crippen LogP contribution in [0.1, 0.15) is 40.5 Å². The van der Waals surface area contributed by atoms with E-state index in [4.69, 9.17) is 0 Å². The average Bonchev–Trinajstić information content (AvgIpc) is 2.43. The predicted octanol–water partition coefficient (Wildman–Crippen LogP) is 3.45. The molecule has 0 radical (unpaired) electrons. The molecule has 0 saturated heterocycles. The molecule has 1 aromatic carbocycles. The molecule has 0 aliphatic heterocycles. The molecular weight excluding hydrogens is 248 g/mol. The Labute approximate surface area is 123 Å². The highest BCUT2D eigenvalue weighted by Crippen LogP contribution is 2.12. The van der Waals surface area contributed by atoms with Crippen molar-refractivity contribution < 1.29 is 4.79 Å². The maximum absolute atomic E-state index is 12.1. The summed E-state index contributed by atoms with van der Waals surface area (Å²) in [5, 5.41) is 3.09. The first-order valence-corrected chi connectivity index (χ1v) is 7.62. The van der Waals surface area contributed by atoms with Crippen molar-refractivity contribution in [2.24, 2.45) is 5.92 Å². The van der Waals surface area contributed by atoms with Crippen molar-refractivity contribution in [3.05, 3.63) is 30.3 Å². The zero-order chi connectivity index (χ0) is 15.0. The van der Waals surface area contributed by atoms with E-state index in [1.54, 1.807) is 0 Å². The van der Waals surface area contributed by atoms with Crippen LogP contribution in [0.25, 0.3) is 0 Å². The van der Waals surface area contributed by atoms with E-state index in [1.165, 1.54) is 0 Å². The minimum Gasteiger partial charge on any atom is -0.363 e. The molecule has 3 heteroatoms. The van der Waals surface area contributed by atoms with Gasteiger partial charge in [-0.05, 0) is 44.7 Å². The standard InChI is InChI=1S/C17H28N2O/c1-5-19(16-9-7-6-8-10-16)13-17(20)18-15(4)12-11-14(2)3/h6-10,14-15H,5,11-13H2,1-4H3,(H,18,20). The fourth-order valence-electron chi connectivity index (χ4n) is 2.17. The molecule has 1 rings (SSSR count). The van der Waals surface area contributed by atoms with Crippen LogP contribution in [0.2, 0.25) is 0 Å². The Balaban J connectivity index is 2.44. The molecule has 0 aliphatic rings. The summed E-state index contributed by atoms with van der Waals surface area (Å²) < 4.78 is 0. The minimum atomic E-state index is 0.104. The minimum absolute atomic E-state index is 0.104. The van der Waals surface area contributed by atoms with Gasteiger partial charge in [-0.2, -0.15) is 0 Å². The number of amides is 1. The number of rotatable bonds is 8. The molecule has 0 aliphatic carbocycles. The summed E-state index contributed by atoms with van der Waals surface area (Å²) >= 11 is 0. The van der Waals surface area contributed by atoms with Crippen LogP contribution in [-0.2, 0) is 4.79 Å². The number of carbonyl (C=O) groups excluding carboxylic acids is 1. The monoisotopic (exact) mass is 276 g/mol. The van der Waals surface area contributed by atoms with Gasteiger partial charge in [0.25, 0.3) is 0 Å². The van der Waals surface area contributed by atoms with Crippen LogP contribution < -0.4 is 10.2 Å². The van der Waals surface area contributed by atoms with Crippen molar-refractivity contribution in [1.82, 2.24) is 5.32 Å². The molecule has 1 unspecified atom stereocenters. The number of hydrogen-bond acceptors (Lipinski definition) is 2. The number of carbonyl (C=O) groups is 1. The second-order valence-electron chi connectivity index (χ2n) is 5.79. The molecule has 0 spiro atoms. The summed E-state index contributed by atoms with van der Waals surface area (Å²) in [6.07, 6.45) is 2.19. The maximum atomic E-state index is 12.1. The van der Waals surface area contributed by atoms with Crippen molar-refractivity contribution in [3.63, 3.8) is 0 Å². The van der Waals surface area contributed by atoms with Crippen molar-refractivity contribution in [1.29, 1.82) is 0 Å². The Morgan fingerprint density at radius 1 is 1.15 bits per heavy atom. The zero-order valence-electron chi connectivity index (χ0n) is 13.2. The Kier molecular flexibility index (Phi) is 7.13. The molecular formula is C17H28N2O. The highest BCUT2D eigenvalue weighted by molar-refractivity contribution is 5.81. The summed E-state index contributed by atoms with van der Waals surface area (Å²) in [6, 6.07) is 10.3. The fourth-order valence-corrected chi connectivity index (χ4v) is 2.17. The van der Waals surface area contributed by atoms with E-state index in [0.717, 1.165) is 25.1 Å². The summed E-state index contributed by atoms with van der Waals surface area (Å²) in [7, 11) is 0. The number of para-hydroxylation sites is 1. The molecule has 112 valence electrons. The molecule has 0 heterocycles. The molecule has 3 nitrogen and oxygen atoms in total. The molecule has 1 atom stereocenters. The Bertz CT molecular complexity index is 389. The van der Waals surface area contributed by atoms with Crippen LogP contribution in [-0.4, -0.2) is 25.0 Å². The average molecular weight is 276 g/mol. The Hall–Kier alpha value is -1.51. The fraction of sp³-hybridized carbons (Fsp3) is 0.588. The second-order valence-corrected chi connectivity index (χ2v) is 5.79. The molecule has 0 bridgehead atoms. The van der Waals surface area contributed by atoms with Gasteiger partial charge in [-0.3, -0.25) is 4.79 Å². The van der Waals surface area contributed by atoms with E-state index in [0.29, 0.717) is 12.5 Å². The van der Waals surface area contributed by atoms with E-state index in [1.807, 2.05) is 30.3 Å². The predicted molar refractivity (Wildman–Crippen MR) is 86.0 cm³/mol. The van der Waals surface area contributed by atoms with Gasteiger partial charge in [-0.1, -0.05) is 32.0 Å². The van der Waals surface area contributed by atoms with Crippen molar-refractivity contribution in [3.8, 4) is 0 Å². The van der Waals surface area contributed by atoms with Gasteiger partial charge >= 0.3 is 0 Å². The number of benzene rings is 1. The van der Waals surface area contributed by atoms with Gasteiger partial charge in [0.2, 0.25) is 5.91 Å². The van der Waals surface area contributed by atoms with Crippen molar-refractivity contribution >= 4 is 11.6 Å². The third-order valence-electron chi connectivity index (χ3n) is 3.42. The van der Waals surface area contributed by atoms with Crippen LogP contribution in [0.5, 0.6) is 0 Å². The van der Waals surface area contributed by atoms with Crippen LogP contribution in [0.15, 0.2) is 30.3 Å². The first kappa shape index (κ1) is 16.5. The first-order chi connectivity index (χ1) is 9.52. The van der Waals surface area contributed by atoms with Crippen LogP contribution in [0.4, 0.5) is 5.69 Å². The summed E-state index contributed by atoms with van der Waals surface area (Å²) in [5.41, 5.74) is 1.10. The van der Waals surface area contributed by atoms with Gasteiger partial charge < -0.3 is 10.2 Å². The van der Waals surface area contributed by atoms with E-state index >= 15 is 0 Å². The van der Waals surface area contributed by atoms with E-state index in [-0.39, 0.29) is 11.9 Å². The lowest BCUT2D eigenvalue weighted by atomic mass is 10.0. The second kappa shape index (κ2) is 8.62. The highest BCUT2D eigenvalue weighted by atomic mass is 16.2. The van der Waals surface area contributed by atoms with Gasteiger partial charge in [0.1, 0.15) is 0 Å². The highest BCUT2D eigenvalue weighted by Gasteiger charge is 2.12. The first-order valence-electron chi connectivity index (χ1n) is 7.62. The number of nitrogens with zero attached hydrogens (tertiary/aromatic N) is 1. The third kappa shape index (κ3) is 6.09. The maximum Gasteiger partial charge on any atom is 0.239 e. The summed E-state index contributed by atoms with van der Waals surface area (Å²) in [5.74, 6) is 0.790. The van der Waals surface area contributed by atoms with Crippen molar-refractivity contribution in [2.45, 2.75) is 46.6 Å². The van der Waals surface area contributed by atoms with Gasteiger partial charge in [0.15, 0.2) is 0 Å². The summed E-state index contributed by atoms with van der Waals surface area (Å²) in [4.78, 5) is 14.2. The van der Waals surface area contributed by atoms with Gasteiger partial charge in [-0.25, -0.2) is 0 Å². The molecule has 0 saturated carbocycles. The number of hydrogen-bond donors (Lipinski definition) is 1. The van der Waals surface area contributed by atoms with Gasteiger partial charge in [0, 0.05) is 18.3 Å². The molecule has 0 aromatic heterocycles. The van der Waals surface area contributed by atoms with Crippen LogP contribution in [0.3, 0.4) is 0 Å². The smallest absolute Gasteiger partial charge is 0.239 e. The normalized spacial score (nSPS) is 12.2. The van der Waals surface area contributed by atoms with E-state index < -0.39 is 0 Å². The van der Waals surface area contributed by atoms with Crippen molar-refractivity contribution in [2.75, 3.05) is 18.0 Å². The SMILES string of the molecule is CCN(CC(=O)NC(C)CCC(C)C)c1ccccc1. The molecule has 1 N–H and O–H groups in total. The van der Waals surface area contributed by atoms with Gasteiger partial charge in [0.05, 0.1) is 6.54 Å².